The maximum atomic E-state index is 12.8. The van der Waals surface area contributed by atoms with Crippen LogP contribution >= 0.6 is 0 Å². The minimum atomic E-state index is -0.189. The zero-order valence-electron chi connectivity index (χ0n) is 18.3. The molecule has 1 aliphatic rings. The van der Waals surface area contributed by atoms with Gasteiger partial charge >= 0.3 is 0 Å². The van der Waals surface area contributed by atoms with E-state index in [4.69, 9.17) is 9.47 Å². The number of amides is 2. The third-order valence-corrected chi connectivity index (χ3v) is 5.79. The van der Waals surface area contributed by atoms with Crippen LogP contribution in [0.1, 0.15) is 35.7 Å². The van der Waals surface area contributed by atoms with Gasteiger partial charge in [0.2, 0.25) is 5.91 Å². The Balaban J connectivity index is 1.41. The van der Waals surface area contributed by atoms with E-state index in [9.17, 15) is 9.59 Å². The molecule has 1 N–H and O–H groups in total. The molecule has 7 heteroatoms. The molecule has 32 heavy (non-hydrogen) atoms. The van der Waals surface area contributed by atoms with Crippen molar-refractivity contribution in [3.63, 3.8) is 0 Å². The number of rotatable bonds is 6. The zero-order chi connectivity index (χ0) is 22.5. The Hall–Kier alpha value is -3.61. The molecule has 0 spiro atoms. The fourth-order valence-electron chi connectivity index (χ4n) is 3.96. The van der Waals surface area contributed by atoms with E-state index in [-0.39, 0.29) is 17.9 Å². The van der Waals surface area contributed by atoms with Crippen molar-refractivity contribution in [2.45, 2.75) is 32.4 Å². The first kappa shape index (κ1) is 21.6. The molecule has 2 aromatic carbocycles. The molecule has 4 rings (SSSR count). The largest absolute Gasteiger partial charge is 0.493 e. The summed E-state index contributed by atoms with van der Waals surface area (Å²) in [6.07, 6.45) is 3.30. The number of pyridine rings is 1. The summed E-state index contributed by atoms with van der Waals surface area (Å²) in [6.45, 7) is 3.36. The van der Waals surface area contributed by atoms with Gasteiger partial charge in [-0.3, -0.25) is 14.6 Å². The smallest absolute Gasteiger partial charge is 0.251 e. The molecule has 166 valence electrons. The first-order valence-electron chi connectivity index (χ1n) is 10.8. The van der Waals surface area contributed by atoms with Crippen LogP contribution < -0.4 is 14.8 Å². The zero-order valence-corrected chi connectivity index (χ0v) is 18.3. The Morgan fingerprint density at radius 1 is 1.09 bits per heavy atom. The van der Waals surface area contributed by atoms with Crippen LogP contribution in [0.15, 0.2) is 54.7 Å². The Morgan fingerprint density at radius 2 is 1.88 bits per heavy atom. The molecule has 0 radical (unpaired) electrons. The van der Waals surface area contributed by atoms with Gasteiger partial charge < -0.3 is 19.7 Å². The van der Waals surface area contributed by atoms with Gasteiger partial charge in [0.25, 0.3) is 5.91 Å². The van der Waals surface area contributed by atoms with E-state index in [0.717, 1.165) is 29.3 Å². The van der Waals surface area contributed by atoms with Gasteiger partial charge in [0.1, 0.15) is 6.10 Å². The molecular weight excluding hydrogens is 406 g/mol. The van der Waals surface area contributed by atoms with Crippen molar-refractivity contribution >= 4 is 22.7 Å². The van der Waals surface area contributed by atoms with Gasteiger partial charge in [0.15, 0.2) is 11.5 Å². The van der Waals surface area contributed by atoms with E-state index in [1.54, 1.807) is 38.4 Å². The average Bonchev–Trinajstić information content (AvgIpc) is 2.83. The van der Waals surface area contributed by atoms with Gasteiger partial charge in [-0.15, -0.1) is 0 Å². The van der Waals surface area contributed by atoms with E-state index >= 15 is 0 Å². The van der Waals surface area contributed by atoms with E-state index in [2.05, 4.69) is 10.3 Å². The fraction of sp³-hybridized carbons (Fsp3) is 0.320. The number of para-hydroxylation sites is 1. The second-order valence-corrected chi connectivity index (χ2v) is 7.86. The molecule has 1 aromatic heterocycles. The SMILES string of the molecule is COc1cc(C(=O)NCc2ccnc3ccccc23)ccc1OC1CCN(C(C)=O)CC1. The molecule has 0 bridgehead atoms. The summed E-state index contributed by atoms with van der Waals surface area (Å²) in [4.78, 5) is 30.4. The van der Waals surface area contributed by atoms with Crippen molar-refractivity contribution in [2.75, 3.05) is 20.2 Å². The van der Waals surface area contributed by atoms with Crippen LogP contribution in [0.25, 0.3) is 10.9 Å². The predicted molar refractivity (Wildman–Crippen MR) is 122 cm³/mol. The van der Waals surface area contributed by atoms with Crippen molar-refractivity contribution < 1.29 is 19.1 Å². The number of ether oxygens (including phenoxy) is 2. The fourth-order valence-corrected chi connectivity index (χ4v) is 3.96. The highest BCUT2D eigenvalue weighted by atomic mass is 16.5. The summed E-state index contributed by atoms with van der Waals surface area (Å²) in [7, 11) is 1.56. The van der Waals surface area contributed by atoms with Gasteiger partial charge in [-0.05, 0) is 35.9 Å². The van der Waals surface area contributed by atoms with Crippen LogP contribution in [0, 0.1) is 0 Å². The highest BCUT2D eigenvalue weighted by molar-refractivity contribution is 5.95. The van der Waals surface area contributed by atoms with E-state index < -0.39 is 0 Å². The van der Waals surface area contributed by atoms with Crippen LogP contribution in [-0.2, 0) is 11.3 Å². The molecule has 0 aliphatic carbocycles. The Morgan fingerprint density at radius 3 is 2.62 bits per heavy atom. The lowest BCUT2D eigenvalue weighted by atomic mass is 10.1. The van der Waals surface area contributed by atoms with Crippen LogP contribution in [0.5, 0.6) is 11.5 Å². The van der Waals surface area contributed by atoms with Gasteiger partial charge in [-0.25, -0.2) is 0 Å². The van der Waals surface area contributed by atoms with Crippen molar-refractivity contribution in [1.82, 2.24) is 15.2 Å². The second-order valence-electron chi connectivity index (χ2n) is 7.86. The maximum absolute atomic E-state index is 12.8. The van der Waals surface area contributed by atoms with Crippen LogP contribution in [0.3, 0.4) is 0 Å². The number of benzene rings is 2. The molecule has 0 saturated carbocycles. The van der Waals surface area contributed by atoms with Crippen molar-refractivity contribution in [1.29, 1.82) is 0 Å². The lowest BCUT2D eigenvalue weighted by Gasteiger charge is -2.31. The summed E-state index contributed by atoms with van der Waals surface area (Å²) >= 11 is 0. The molecule has 1 fully saturated rings. The van der Waals surface area contributed by atoms with E-state index in [0.29, 0.717) is 36.7 Å². The first-order chi connectivity index (χ1) is 15.5. The van der Waals surface area contributed by atoms with Gasteiger partial charge in [-0.2, -0.15) is 0 Å². The monoisotopic (exact) mass is 433 g/mol. The van der Waals surface area contributed by atoms with Gasteiger partial charge in [-0.1, -0.05) is 18.2 Å². The summed E-state index contributed by atoms with van der Waals surface area (Å²) in [5, 5.41) is 4.00. The minimum absolute atomic E-state index is 0.0131. The molecule has 3 aromatic rings. The molecule has 0 atom stereocenters. The third kappa shape index (κ3) is 4.82. The normalized spacial score (nSPS) is 14.2. The summed E-state index contributed by atoms with van der Waals surface area (Å²) in [5.74, 6) is 1.02. The van der Waals surface area contributed by atoms with Crippen molar-refractivity contribution in [3.05, 3.63) is 65.9 Å². The van der Waals surface area contributed by atoms with E-state index in [1.165, 1.54) is 0 Å². The number of fused-ring (bicyclic) bond motifs is 1. The predicted octanol–water partition coefficient (Wildman–Crippen LogP) is 3.56. The summed E-state index contributed by atoms with van der Waals surface area (Å²) in [6, 6.07) is 15.0. The number of nitrogens with zero attached hydrogens (tertiary/aromatic N) is 2. The number of hydrogen-bond donors (Lipinski definition) is 1. The highest BCUT2D eigenvalue weighted by Crippen LogP contribution is 2.31. The van der Waals surface area contributed by atoms with Crippen LogP contribution in [0.2, 0.25) is 0 Å². The van der Waals surface area contributed by atoms with Gasteiger partial charge in [0.05, 0.1) is 12.6 Å². The second kappa shape index (κ2) is 9.68. The lowest BCUT2D eigenvalue weighted by Crippen LogP contribution is -2.40. The molecule has 2 heterocycles. The van der Waals surface area contributed by atoms with Crippen LogP contribution in [0.4, 0.5) is 0 Å². The topological polar surface area (TPSA) is 80.8 Å². The van der Waals surface area contributed by atoms with Crippen LogP contribution in [-0.4, -0.2) is 48.0 Å². The Kier molecular flexibility index (Phi) is 6.54. The molecular formula is C25H27N3O4. The summed E-state index contributed by atoms with van der Waals surface area (Å²) < 4.78 is 11.6. The van der Waals surface area contributed by atoms with Gasteiger partial charge in [0, 0.05) is 56.5 Å². The maximum Gasteiger partial charge on any atom is 0.251 e. The standard InChI is InChI=1S/C25H27N3O4/c1-17(29)28-13-10-20(11-14-28)32-23-8-7-18(15-24(23)31-2)25(30)27-16-19-9-12-26-22-6-4-3-5-21(19)22/h3-9,12,15,20H,10-11,13-14,16H2,1-2H3,(H,27,30). The highest BCUT2D eigenvalue weighted by Gasteiger charge is 2.23. The number of nitrogens with one attached hydrogen (secondary N) is 1. The Bertz CT molecular complexity index is 1120. The van der Waals surface area contributed by atoms with Crippen molar-refractivity contribution in [2.24, 2.45) is 0 Å². The third-order valence-electron chi connectivity index (χ3n) is 5.79. The minimum Gasteiger partial charge on any atom is -0.493 e. The average molecular weight is 434 g/mol. The molecule has 1 aliphatic heterocycles. The van der Waals surface area contributed by atoms with Crippen molar-refractivity contribution in [3.8, 4) is 11.5 Å². The quantitative estimate of drug-likeness (QED) is 0.643. The molecule has 0 unspecified atom stereocenters. The summed E-state index contributed by atoms with van der Waals surface area (Å²) in [5.41, 5.74) is 2.41. The number of aromatic nitrogens is 1. The van der Waals surface area contributed by atoms with E-state index in [1.807, 2.05) is 35.2 Å². The number of likely N-dealkylation sites (tertiary alicyclic amines) is 1. The lowest BCUT2D eigenvalue weighted by molar-refractivity contribution is -0.130. The number of methoxy groups -OCH3 is 1. The number of carbonyl (C=O) groups excluding carboxylic acids is 2. The molecule has 2 amide bonds. The molecule has 1 saturated heterocycles. The molecule has 7 nitrogen and oxygen atoms in total. The Labute approximate surface area is 187 Å². The number of piperidine rings is 1. The number of carbonyl (C=O) groups is 2. The first-order valence-corrected chi connectivity index (χ1v) is 10.8. The number of hydrogen-bond acceptors (Lipinski definition) is 5.